The Kier molecular flexibility index (Phi) is 2.60. The van der Waals surface area contributed by atoms with Crippen molar-refractivity contribution in [2.45, 2.75) is 0 Å². The summed E-state index contributed by atoms with van der Waals surface area (Å²) in [6.45, 7) is 2.01. The number of hydrogen-bond acceptors (Lipinski definition) is 3. The summed E-state index contributed by atoms with van der Waals surface area (Å²) >= 11 is 0. The van der Waals surface area contributed by atoms with E-state index in [0.717, 1.165) is 0 Å². The Balaban J connectivity index is 2.07. The van der Waals surface area contributed by atoms with Crippen LogP contribution in [0.3, 0.4) is 0 Å². The van der Waals surface area contributed by atoms with Gasteiger partial charge in [0.2, 0.25) is 0 Å². The minimum absolute atomic E-state index is 0.0405. The highest BCUT2D eigenvalue weighted by Gasteiger charge is 2.30. The van der Waals surface area contributed by atoms with Crippen molar-refractivity contribution in [2.24, 2.45) is 11.7 Å². The van der Waals surface area contributed by atoms with Crippen LogP contribution in [0.25, 0.3) is 0 Å². The van der Waals surface area contributed by atoms with Crippen LogP contribution in [0.15, 0.2) is 24.3 Å². The first-order valence-corrected chi connectivity index (χ1v) is 4.99. The molecule has 0 radical (unpaired) electrons. The number of hydrogen-bond donors (Lipinski definition) is 2. The number of para-hydroxylation sites is 1. The second-order valence-corrected chi connectivity index (χ2v) is 3.83. The number of nitrogens with zero attached hydrogens (tertiary/aromatic N) is 1. The van der Waals surface area contributed by atoms with Crippen molar-refractivity contribution in [3.05, 3.63) is 29.8 Å². The van der Waals surface area contributed by atoms with E-state index < -0.39 is 0 Å². The van der Waals surface area contributed by atoms with E-state index in [9.17, 15) is 9.90 Å². The zero-order chi connectivity index (χ0) is 10.8. The van der Waals surface area contributed by atoms with Gasteiger partial charge in [0.1, 0.15) is 5.75 Å². The summed E-state index contributed by atoms with van der Waals surface area (Å²) in [6, 6.07) is 6.60. The van der Waals surface area contributed by atoms with Gasteiger partial charge in [-0.25, -0.2) is 0 Å². The molecular weight excluding hydrogens is 192 g/mol. The lowest BCUT2D eigenvalue weighted by Crippen LogP contribution is -2.52. The third kappa shape index (κ3) is 1.80. The van der Waals surface area contributed by atoms with Crippen molar-refractivity contribution in [3.63, 3.8) is 0 Å². The fourth-order valence-corrected chi connectivity index (χ4v) is 1.71. The zero-order valence-electron chi connectivity index (χ0n) is 8.39. The fourth-order valence-electron chi connectivity index (χ4n) is 1.71. The van der Waals surface area contributed by atoms with Crippen LogP contribution >= 0.6 is 0 Å². The summed E-state index contributed by atoms with van der Waals surface area (Å²) < 4.78 is 0. The second-order valence-electron chi connectivity index (χ2n) is 3.83. The maximum atomic E-state index is 11.8. The first-order valence-electron chi connectivity index (χ1n) is 4.99. The number of phenolic OH excluding ortho intramolecular Hbond substituents is 1. The molecule has 1 aliphatic heterocycles. The smallest absolute Gasteiger partial charge is 0.257 e. The summed E-state index contributed by atoms with van der Waals surface area (Å²) in [5.41, 5.74) is 5.85. The molecule has 1 amide bonds. The maximum absolute atomic E-state index is 11.8. The van der Waals surface area contributed by atoms with E-state index in [1.54, 1.807) is 23.1 Å². The number of aromatic hydroxyl groups is 1. The first-order chi connectivity index (χ1) is 7.22. The van der Waals surface area contributed by atoms with Crippen LogP contribution in [-0.2, 0) is 0 Å². The minimum atomic E-state index is -0.113. The van der Waals surface area contributed by atoms with Gasteiger partial charge in [-0.2, -0.15) is 0 Å². The molecule has 0 atom stereocenters. The van der Waals surface area contributed by atoms with E-state index >= 15 is 0 Å². The lowest BCUT2D eigenvalue weighted by Gasteiger charge is -2.38. The van der Waals surface area contributed by atoms with Gasteiger partial charge in [-0.05, 0) is 18.7 Å². The number of rotatable bonds is 2. The average molecular weight is 206 g/mol. The van der Waals surface area contributed by atoms with E-state index in [1.165, 1.54) is 6.07 Å². The molecule has 1 heterocycles. The van der Waals surface area contributed by atoms with E-state index in [-0.39, 0.29) is 11.7 Å². The number of benzene rings is 1. The number of nitrogens with two attached hydrogens (primary N) is 1. The number of phenols is 1. The largest absolute Gasteiger partial charge is 0.507 e. The van der Waals surface area contributed by atoms with Crippen LogP contribution in [0, 0.1) is 5.92 Å². The molecule has 1 fully saturated rings. The van der Waals surface area contributed by atoms with Crippen molar-refractivity contribution in [1.29, 1.82) is 0 Å². The lowest BCUT2D eigenvalue weighted by atomic mass is 9.99. The molecular formula is C11H14N2O2. The van der Waals surface area contributed by atoms with Gasteiger partial charge in [-0.1, -0.05) is 12.1 Å². The van der Waals surface area contributed by atoms with Gasteiger partial charge >= 0.3 is 0 Å². The quantitative estimate of drug-likeness (QED) is 0.737. The van der Waals surface area contributed by atoms with Gasteiger partial charge in [0, 0.05) is 19.0 Å². The molecule has 3 N–H and O–H groups in total. The lowest BCUT2D eigenvalue weighted by molar-refractivity contribution is 0.0512. The average Bonchev–Trinajstić information content (AvgIpc) is 2.16. The first kappa shape index (κ1) is 9.98. The fraction of sp³-hybridized carbons (Fsp3) is 0.364. The van der Waals surface area contributed by atoms with Crippen LogP contribution in [0.2, 0.25) is 0 Å². The Bertz CT molecular complexity index is 373. The molecule has 1 aromatic rings. The molecule has 4 heteroatoms. The summed E-state index contributed by atoms with van der Waals surface area (Å²) in [5, 5.41) is 9.50. The van der Waals surface area contributed by atoms with Crippen molar-refractivity contribution in [3.8, 4) is 5.75 Å². The molecule has 0 spiro atoms. The molecule has 0 bridgehead atoms. The van der Waals surface area contributed by atoms with Crippen LogP contribution in [0.5, 0.6) is 5.75 Å². The molecule has 1 aliphatic rings. The standard InChI is InChI=1S/C11H14N2O2/c12-5-8-6-13(7-8)11(15)9-3-1-2-4-10(9)14/h1-4,8,14H,5-7,12H2. The molecule has 0 unspecified atom stereocenters. The monoisotopic (exact) mass is 206 g/mol. The van der Waals surface area contributed by atoms with Gasteiger partial charge in [-0.3, -0.25) is 4.79 Å². The molecule has 1 saturated heterocycles. The van der Waals surface area contributed by atoms with Crippen molar-refractivity contribution >= 4 is 5.91 Å². The highest BCUT2D eigenvalue weighted by molar-refractivity contribution is 5.97. The summed E-state index contributed by atoms with van der Waals surface area (Å²) in [4.78, 5) is 13.5. The van der Waals surface area contributed by atoms with Gasteiger partial charge in [0.15, 0.2) is 0 Å². The Morgan fingerprint density at radius 2 is 2.13 bits per heavy atom. The molecule has 2 rings (SSSR count). The van der Waals surface area contributed by atoms with Gasteiger partial charge in [0.25, 0.3) is 5.91 Å². The van der Waals surface area contributed by atoms with Crippen LogP contribution in [-0.4, -0.2) is 35.5 Å². The summed E-state index contributed by atoms with van der Waals surface area (Å²) in [7, 11) is 0. The van der Waals surface area contributed by atoms with E-state index in [2.05, 4.69) is 0 Å². The molecule has 15 heavy (non-hydrogen) atoms. The minimum Gasteiger partial charge on any atom is -0.507 e. The highest BCUT2D eigenvalue weighted by Crippen LogP contribution is 2.22. The number of likely N-dealkylation sites (tertiary alicyclic amines) is 1. The number of amides is 1. The van der Waals surface area contributed by atoms with E-state index in [1.807, 2.05) is 0 Å². The summed E-state index contributed by atoms with van der Waals surface area (Å²) in [6.07, 6.45) is 0. The predicted molar refractivity (Wildman–Crippen MR) is 56.6 cm³/mol. The van der Waals surface area contributed by atoms with Crippen LogP contribution in [0.4, 0.5) is 0 Å². The van der Waals surface area contributed by atoms with Gasteiger partial charge < -0.3 is 15.7 Å². The zero-order valence-corrected chi connectivity index (χ0v) is 8.39. The Morgan fingerprint density at radius 3 is 2.73 bits per heavy atom. The molecule has 1 aromatic carbocycles. The van der Waals surface area contributed by atoms with Crippen molar-refractivity contribution in [1.82, 2.24) is 4.90 Å². The van der Waals surface area contributed by atoms with Gasteiger partial charge in [0.05, 0.1) is 5.56 Å². The molecule has 4 nitrogen and oxygen atoms in total. The van der Waals surface area contributed by atoms with E-state index in [4.69, 9.17) is 5.73 Å². The Hall–Kier alpha value is -1.55. The maximum Gasteiger partial charge on any atom is 0.257 e. The van der Waals surface area contributed by atoms with Crippen molar-refractivity contribution in [2.75, 3.05) is 19.6 Å². The third-order valence-corrected chi connectivity index (χ3v) is 2.71. The normalized spacial score (nSPS) is 16.2. The highest BCUT2D eigenvalue weighted by atomic mass is 16.3. The Morgan fingerprint density at radius 1 is 1.47 bits per heavy atom. The van der Waals surface area contributed by atoms with Gasteiger partial charge in [-0.15, -0.1) is 0 Å². The Labute approximate surface area is 88.3 Å². The number of carbonyl (C=O) groups is 1. The summed E-state index contributed by atoms with van der Waals surface area (Å²) in [5.74, 6) is 0.344. The van der Waals surface area contributed by atoms with Crippen LogP contribution in [0.1, 0.15) is 10.4 Å². The van der Waals surface area contributed by atoms with Crippen LogP contribution < -0.4 is 5.73 Å². The molecule has 0 aliphatic carbocycles. The molecule has 0 aromatic heterocycles. The predicted octanol–water partition coefficient (Wildman–Crippen LogP) is 0.423. The molecule has 80 valence electrons. The van der Waals surface area contributed by atoms with E-state index in [0.29, 0.717) is 31.1 Å². The molecule has 0 saturated carbocycles. The third-order valence-electron chi connectivity index (χ3n) is 2.71. The topological polar surface area (TPSA) is 66.6 Å². The second kappa shape index (κ2) is 3.90. The van der Waals surface area contributed by atoms with Crippen molar-refractivity contribution < 1.29 is 9.90 Å². The SMILES string of the molecule is NCC1CN(C(=O)c2ccccc2O)C1. The number of carbonyl (C=O) groups excluding carboxylic acids is 1.